The predicted molar refractivity (Wildman–Crippen MR) is 64.9 cm³/mol. The number of nitrogens with one attached hydrogen (secondary N) is 1. The lowest BCUT2D eigenvalue weighted by Crippen LogP contribution is -2.50. The Bertz CT molecular complexity index is 296. The van der Waals surface area contributed by atoms with Gasteiger partial charge in [0, 0.05) is 26.2 Å². The van der Waals surface area contributed by atoms with E-state index in [1.807, 2.05) is 0 Å². The van der Waals surface area contributed by atoms with Crippen LogP contribution in [0.3, 0.4) is 0 Å². The fourth-order valence-electron chi connectivity index (χ4n) is 1.50. The van der Waals surface area contributed by atoms with Crippen molar-refractivity contribution < 1.29 is 14.3 Å². The summed E-state index contributed by atoms with van der Waals surface area (Å²) in [5, 5.41) is 1.88. The van der Waals surface area contributed by atoms with Crippen LogP contribution in [0.2, 0.25) is 0 Å². The number of nitrogens with zero attached hydrogens (tertiary/aromatic N) is 1. The molecule has 1 saturated heterocycles. The molecule has 0 aliphatic carbocycles. The van der Waals surface area contributed by atoms with E-state index >= 15 is 0 Å². The summed E-state index contributed by atoms with van der Waals surface area (Å²) in [6.07, 6.45) is 0. The minimum atomic E-state index is -1.24. The van der Waals surface area contributed by atoms with Crippen LogP contribution in [0, 0.1) is 0 Å². The van der Waals surface area contributed by atoms with E-state index in [9.17, 15) is 9.59 Å². The van der Waals surface area contributed by atoms with Crippen molar-refractivity contribution >= 4 is 23.5 Å². The lowest BCUT2D eigenvalue weighted by molar-refractivity contribution is -0.157. The summed E-state index contributed by atoms with van der Waals surface area (Å²) >= 11 is 5.83. The Kier molecular flexibility index (Phi) is 4.77. The van der Waals surface area contributed by atoms with Gasteiger partial charge in [-0.25, -0.2) is 4.79 Å². The average Bonchev–Trinajstić information content (AvgIpc) is 2.26. The minimum Gasteiger partial charge on any atom is -0.458 e. The number of hydrogen-bond acceptors (Lipinski definition) is 4. The van der Waals surface area contributed by atoms with Gasteiger partial charge in [0.2, 0.25) is 5.38 Å². The smallest absolute Gasteiger partial charge is 0.334 e. The Labute approximate surface area is 106 Å². The van der Waals surface area contributed by atoms with E-state index in [4.69, 9.17) is 16.3 Å². The highest BCUT2D eigenvalue weighted by Crippen LogP contribution is 2.13. The Morgan fingerprint density at radius 2 is 1.82 bits per heavy atom. The molecule has 0 bridgehead atoms. The number of halogens is 1. The molecule has 1 N–H and O–H groups in total. The van der Waals surface area contributed by atoms with Crippen LogP contribution in [-0.2, 0) is 14.3 Å². The summed E-state index contributed by atoms with van der Waals surface area (Å²) in [6.45, 7) is 7.82. The van der Waals surface area contributed by atoms with Gasteiger partial charge in [0.15, 0.2) is 0 Å². The topological polar surface area (TPSA) is 58.6 Å². The Morgan fingerprint density at radius 3 is 2.29 bits per heavy atom. The molecule has 1 amide bonds. The molecular weight excluding hydrogens is 244 g/mol. The third-order valence-electron chi connectivity index (χ3n) is 2.26. The molecule has 0 spiro atoms. The van der Waals surface area contributed by atoms with Crippen LogP contribution in [0.15, 0.2) is 0 Å². The number of carbonyl (C=O) groups is 2. The lowest BCUT2D eigenvalue weighted by Gasteiger charge is -2.29. The molecule has 1 fully saturated rings. The van der Waals surface area contributed by atoms with Gasteiger partial charge in [-0.15, -0.1) is 0 Å². The van der Waals surface area contributed by atoms with Crippen molar-refractivity contribution in [2.75, 3.05) is 26.2 Å². The van der Waals surface area contributed by atoms with E-state index in [0.29, 0.717) is 13.1 Å². The van der Waals surface area contributed by atoms with Crippen molar-refractivity contribution in [3.05, 3.63) is 0 Å². The van der Waals surface area contributed by atoms with Crippen molar-refractivity contribution in [2.24, 2.45) is 0 Å². The number of hydrogen-bond donors (Lipinski definition) is 1. The average molecular weight is 263 g/mol. The molecule has 1 aliphatic heterocycles. The number of piperazine rings is 1. The molecule has 0 aromatic rings. The standard InChI is InChI=1S/C11H19ClN2O3/c1-11(2,3)17-10(16)8(12)9(15)14-6-4-13-5-7-14/h8,13H,4-7H2,1-3H3. The highest BCUT2D eigenvalue weighted by Gasteiger charge is 2.32. The zero-order chi connectivity index (χ0) is 13.1. The number of esters is 1. The molecule has 1 unspecified atom stereocenters. The van der Waals surface area contributed by atoms with Crippen molar-refractivity contribution in [3.8, 4) is 0 Å². The maximum absolute atomic E-state index is 11.9. The van der Waals surface area contributed by atoms with Crippen molar-refractivity contribution in [3.63, 3.8) is 0 Å². The minimum absolute atomic E-state index is 0.373. The second-order valence-electron chi connectivity index (χ2n) is 4.97. The molecule has 0 radical (unpaired) electrons. The van der Waals surface area contributed by atoms with Crippen LogP contribution in [0.25, 0.3) is 0 Å². The van der Waals surface area contributed by atoms with Crippen LogP contribution >= 0.6 is 11.6 Å². The van der Waals surface area contributed by atoms with E-state index in [-0.39, 0.29) is 5.91 Å². The van der Waals surface area contributed by atoms with Gasteiger partial charge in [-0.05, 0) is 20.8 Å². The third kappa shape index (κ3) is 4.52. The lowest BCUT2D eigenvalue weighted by atomic mass is 10.2. The zero-order valence-electron chi connectivity index (χ0n) is 10.5. The van der Waals surface area contributed by atoms with Crippen LogP contribution in [0.4, 0.5) is 0 Å². The van der Waals surface area contributed by atoms with Gasteiger partial charge in [-0.1, -0.05) is 11.6 Å². The normalized spacial score (nSPS) is 18.7. The number of rotatable bonds is 2. The van der Waals surface area contributed by atoms with Crippen LogP contribution < -0.4 is 5.32 Å². The number of carbonyl (C=O) groups excluding carboxylic acids is 2. The Hall–Kier alpha value is -0.810. The molecule has 5 nitrogen and oxygen atoms in total. The van der Waals surface area contributed by atoms with E-state index in [2.05, 4.69) is 5.32 Å². The first-order valence-electron chi connectivity index (χ1n) is 5.68. The molecule has 98 valence electrons. The molecule has 1 atom stereocenters. The largest absolute Gasteiger partial charge is 0.458 e. The van der Waals surface area contributed by atoms with Crippen molar-refractivity contribution in [1.29, 1.82) is 0 Å². The zero-order valence-corrected chi connectivity index (χ0v) is 11.2. The van der Waals surface area contributed by atoms with E-state index < -0.39 is 16.9 Å². The highest BCUT2D eigenvalue weighted by atomic mass is 35.5. The maximum Gasteiger partial charge on any atom is 0.334 e. The first kappa shape index (κ1) is 14.3. The first-order chi connectivity index (χ1) is 7.81. The van der Waals surface area contributed by atoms with Crippen molar-refractivity contribution in [2.45, 2.75) is 31.7 Å². The molecule has 6 heteroatoms. The number of amides is 1. The number of ether oxygens (including phenoxy) is 1. The summed E-state index contributed by atoms with van der Waals surface area (Å²) in [7, 11) is 0. The van der Waals surface area contributed by atoms with Gasteiger partial charge < -0.3 is 15.0 Å². The van der Waals surface area contributed by atoms with Gasteiger partial charge in [0.25, 0.3) is 5.91 Å². The SMILES string of the molecule is CC(C)(C)OC(=O)C(Cl)C(=O)N1CCNCC1. The van der Waals surface area contributed by atoms with Gasteiger partial charge in [0.05, 0.1) is 0 Å². The molecule has 0 aromatic carbocycles. The predicted octanol–water partition coefficient (Wildman–Crippen LogP) is 0.367. The third-order valence-corrected chi connectivity index (χ3v) is 2.62. The molecule has 1 heterocycles. The quantitative estimate of drug-likeness (QED) is 0.444. The summed E-state index contributed by atoms with van der Waals surface area (Å²) in [6, 6.07) is 0. The molecule has 0 aromatic heterocycles. The van der Waals surface area contributed by atoms with E-state index in [1.165, 1.54) is 0 Å². The molecule has 1 aliphatic rings. The fraction of sp³-hybridized carbons (Fsp3) is 0.818. The van der Waals surface area contributed by atoms with Crippen molar-refractivity contribution in [1.82, 2.24) is 10.2 Å². The van der Waals surface area contributed by atoms with Gasteiger partial charge >= 0.3 is 5.97 Å². The van der Waals surface area contributed by atoms with E-state index in [0.717, 1.165) is 13.1 Å². The first-order valence-corrected chi connectivity index (χ1v) is 6.11. The molecule has 17 heavy (non-hydrogen) atoms. The highest BCUT2D eigenvalue weighted by molar-refractivity contribution is 6.40. The summed E-state index contributed by atoms with van der Waals surface area (Å²) in [5.74, 6) is -1.05. The molecule has 1 rings (SSSR count). The van der Waals surface area contributed by atoms with Gasteiger partial charge in [0.1, 0.15) is 5.60 Å². The monoisotopic (exact) mass is 262 g/mol. The van der Waals surface area contributed by atoms with Crippen LogP contribution in [0.1, 0.15) is 20.8 Å². The second kappa shape index (κ2) is 5.69. The molecule has 0 saturated carbocycles. The summed E-state index contributed by atoms with van der Waals surface area (Å²) in [4.78, 5) is 25.1. The maximum atomic E-state index is 11.9. The van der Waals surface area contributed by atoms with Crippen LogP contribution in [-0.4, -0.2) is 53.9 Å². The molecular formula is C11H19ClN2O3. The summed E-state index contributed by atoms with van der Waals surface area (Å²) < 4.78 is 5.08. The van der Waals surface area contributed by atoms with Crippen LogP contribution in [0.5, 0.6) is 0 Å². The van der Waals surface area contributed by atoms with E-state index in [1.54, 1.807) is 25.7 Å². The number of alkyl halides is 1. The fourth-order valence-corrected chi connectivity index (χ4v) is 1.68. The van der Waals surface area contributed by atoms with Gasteiger partial charge in [-0.2, -0.15) is 0 Å². The Morgan fingerprint density at radius 1 is 1.29 bits per heavy atom. The summed E-state index contributed by atoms with van der Waals surface area (Å²) in [5.41, 5.74) is -0.631. The van der Waals surface area contributed by atoms with Gasteiger partial charge in [-0.3, -0.25) is 4.79 Å². The second-order valence-corrected chi connectivity index (χ2v) is 5.41. The Balaban J connectivity index is 2.53.